The zero-order valence-electron chi connectivity index (χ0n) is 8.87. The molecule has 0 spiro atoms. The van der Waals surface area contributed by atoms with Gasteiger partial charge >= 0.3 is 0 Å². The molecule has 0 aliphatic carbocycles. The molecule has 2 atom stereocenters. The van der Waals surface area contributed by atoms with Crippen molar-refractivity contribution in [1.29, 1.82) is 0 Å². The molecule has 14 heavy (non-hydrogen) atoms. The minimum atomic E-state index is 0.698. The van der Waals surface area contributed by atoms with Crippen molar-refractivity contribution in [2.24, 2.45) is 5.92 Å². The SMILES string of the molecule is C[C@H](c1ccccc1)[C@H]1CCCNC1. The molecule has 0 amide bonds. The Morgan fingerprint density at radius 2 is 2.07 bits per heavy atom. The summed E-state index contributed by atoms with van der Waals surface area (Å²) < 4.78 is 0. The summed E-state index contributed by atoms with van der Waals surface area (Å²) in [4.78, 5) is 0. The number of benzene rings is 1. The van der Waals surface area contributed by atoms with E-state index in [1.807, 2.05) is 0 Å². The van der Waals surface area contributed by atoms with Gasteiger partial charge in [-0.3, -0.25) is 0 Å². The number of nitrogens with one attached hydrogen (secondary N) is 1. The zero-order valence-corrected chi connectivity index (χ0v) is 8.87. The van der Waals surface area contributed by atoms with E-state index in [9.17, 15) is 0 Å². The topological polar surface area (TPSA) is 12.0 Å². The number of hydrogen-bond acceptors (Lipinski definition) is 1. The van der Waals surface area contributed by atoms with Crippen molar-refractivity contribution in [1.82, 2.24) is 5.32 Å². The van der Waals surface area contributed by atoms with Crippen molar-refractivity contribution in [2.75, 3.05) is 13.1 Å². The van der Waals surface area contributed by atoms with Crippen molar-refractivity contribution in [3.05, 3.63) is 35.9 Å². The second-order valence-electron chi connectivity index (χ2n) is 4.31. The van der Waals surface area contributed by atoms with Crippen LogP contribution in [0.15, 0.2) is 30.3 Å². The largest absolute Gasteiger partial charge is 0.316 e. The van der Waals surface area contributed by atoms with Gasteiger partial charge in [-0.05, 0) is 43.3 Å². The van der Waals surface area contributed by atoms with E-state index in [1.165, 1.54) is 31.5 Å². The van der Waals surface area contributed by atoms with Crippen molar-refractivity contribution in [2.45, 2.75) is 25.7 Å². The molecule has 76 valence electrons. The van der Waals surface area contributed by atoms with E-state index in [1.54, 1.807) is 0 Å². The van der Waals surface area contributed by atoms with Crippen LogP contribution in [0.25, 0.3) is 0 Å². The lowest BCUT2D eigenvalue weighted by Crippen LogP contribution is -2.32. The van der Waals surface area contributed by atoms with Gasteiger partial charge in [-0.2, -0.15) is 0 Å². The molecule has 1 aliphatic heterocycles. The lowest BCUT2D eigenvalue weighted by Gasteiger charge is -2.28. The van der Waals surface area contributed by atoms with Crippen LogP contribution >= 0.6 is 0 Å². The van der Waals surface area contributed by atoms with Gasteiger partial charge in [0.05, 0.1) is 0 Å². The number of hydrogen-bond donors (Lipinski definition) is 1. The van der Waals surface area contributed by atoms with E-state index < -0.39 is 0 Å². The molecule has 0 saturated carbocycles. The first-order valence-corrected chi connectivity index (χ1v) is 5.63. The third-order valence-corrected chi connectivity index (χ3v) is 3.37. The normalized spacial score (nSPS) is 24.5. The molecule has 1 N–H and O–H groups in total. The fraction of sp³-hybridized carbons (Fsp3) is 0.538. The van der Waals surface area contributed by atoms with E-state index in [4.69, 9.17) is 0 Å². The average molecular weight is 189 g/mol. The molecule has 1 heterocycles. The summed E-state index contributed by atoms with van der Waals surface area (Å²) in [5, 5.41) is 3.49. The van der Waals surface area contributed by atoms with Crippen LogP contribution in [-0.2, 0) is 0 Å². The van der Waals surface area contributed by atoms with Gasteiger partial charge in [0.25, 0.3) is 0 Å². The van der Waals surface area contributed by atoms with Crippen LogP contribution in [0.1, 0.15) is 31.2 Å². The van der Waals surface area contributed by atoms with Gasteiger partial charge in [-0.1, -0.05) is 37.3 Å². The highest BCUT2D eigenvalue weighted by atomic mass is 14.9. The summed E-state index contributed by atoms with van der Waals surface area (Å²) in [5.41, 5.74) is 1.49. The highest BCUT2D eigenvalue weighted by Gasteiger charge is 2.20. The van der Waals surface area contributed by atoms with Crippen LogP contribution in [0.5, 0.6) is 0 Å². The molecule has 1 nitrogen and oxygen atoms in total. The molecule has 1 aliphatic rings. The molecule has 1 fully saturated rings. The minimum absolute atomic E-state index is 0.698. The second-order valence-corrected chi connectivity index (χ2v) is 4.31. The van der Waals surface area contributed by atoms with E-state index in [2.05, 4.69) is 42.6 Å². The van der Waals surface area contributed by atoms with Crippen molar-refractivity contribution < 1.29 is 0 Å². The molecule has 0 bridgehead atoms. The molecule has 2 rings (SSSR count). The molecule has 1 heteroatoms. The molecule has 1 aromatic rings. The van der Waals surface area contributed by atoms with Crippen LogP contribution in [-0.4, -0.2) is 13.1 Å². The minimum Gasteiger partial charge on any atom is -0.316 e. The van der Waals surface area contributed by atoms with Crippen LogP contribution < -0.4 is 5.32 Å². The fourth-order valence-corrected chi connectivity index (χ4v) is 2.33. The Bertz CT molecular complexity index is 262. The van der Waals surface area contributed by atoms with Crippen molar-refractivity contribution in [3.8, 4) is 0 Å². The number of rotatable bonds is 2. The standard InChI is InChI=1S/C13H19N/c1-11(12-6-3-2-4-7-12)13-8-5-9-14-10-13/h2-4,6-7,11,13-14H,5,8-10H2,1H3/t11-,13+/m1/s1. The number of piperidine rings is 1. The summed E-state index contributed by atoms with van der Waals surface area (Å²) in [7, 11) is 0. The highest BCUT2D eigenvalue weighted by molar-refractivity contribution is 5.19. The first kappa shape index (κ1) is 9.72. The van der Waals surface area contributed by atoms with Gasteiger partial charge in [0, 0.05) is 0 Å². The van der Waals surface area contributed by atoms with E-state index in [-0.39, 0.29) is 0 Å². The predicted molar refractivity (Wildman–Crippen MR) is 60.5 cm³/mol. The quantitative estimate of drug-likeness (QED) is 0.754. The Balaban J connectivity index is 2.03. The summed E-state index contributed by atoms with van der Waals surface area (Å²) in [6.45, 7) is 4.75. The van der Waals surface area contributed by atoms with Gasteiger partial charge in [0.1, 0.15) is 0 Å². The lowest BCUT2D eigenvalue weighted by molar-refractivity contribution is 0.334. The van der Waals surface area contributed by atoms with Crippen molar-refractivity contribution >= 4 is 0 Å². The lowest BCUT2D eigenvalue weighted by atomic mass is 9.83. The predicted octanol–water partition coefficient (Wildman–Crippen LogP) is 2.79. The zero-order chi connectivity index (χ0) is 9.80. The third-order valence-electron chi connectivity index (χ3n) is 3.37. The first-order chi connectivity index (χ1) is 6.88. The molecule has 0 unspecified atom stereocenters. The first-order valence-electron chi connectivity index (χ1n) is 5.63. The Morgan fingerprint density at radius 1 is 1.29 bits per heavy atom. The van der Waals surface area contributed by atoms with E-state index in [0.717, 1.165) is 5.92 Å². The summed E-state index contributed by atoms with van der Waals surface area (Å²) in [6.07, 6.45) is 2.71. The monoisotopic (exact) mass is 189 g/mol. The maximum Gasteiger partial charge on any atom is -0.00148 e. The highest BCUT2D eigenvalue weighted by Crippen LogP contribution is 2.28. The van der Waals surface area contributed by atoms with E-state index >= 15 is 0 Å². The van der Waals surface area contributed by atoms with Gasteiger partial charge in [-0.25, -0.2) is 0 Å². The molecule has 1 aromatic carbocycles. The third kappa shape index (κ3) is 2.16. The van der Waals surface area contributed by atoms with Gasteiger partial charge in [-0.15, -0.1) is 0 Å². The second kappa shape index (κ2) is 4.61. The van der Waals surface area contributed by atoms with Crippen LogP contribution in [0, 0.1) is 5.92 Å². The van der Waals surface area contributed by atoms with Gasteiger partial charge < -0.3 is 5.32 Å². The fourth-order valence-electron chi connectivity index (χ4n) is 2.33. The Labute approximate surface area is 86.5 Å². The molecular formula is C13H19N. The summed E-state index contributed by atoms with van der Waals surface area (Å²) in [5.74, 6) is 1.52. The smallest absolute Gasteiger partial charge is 0.00148 e. The Kier molecular flexibility index (Phi) is 3.20. The van der Waals surface area contributed by atoms with Crippen LogP contribution in [0.3, 0.4) is 0 Å². The Morgan fingerprint density at radius 3 is 2.71 bits per heavy atom. The Hall–Kier alpha value is -0.820. The molecular weight excluding hydrogens is 170 g/mol. The van der Waals surface area contributed by atoms with Crippen LogP contribution in [0.2, 0.25) is 0 Å². The molecule has 1 saturated heterocycles. The van der Waals surface area contributed by atoms with Gasteiger partial charge in [0.15, 0.2) is 0 Å². The maximum atomic E-state index is 3.49. The summed E-state index contributed by atoms with van der Waals surface area (Å²) >= 11 is 0. The average Bonchev–Trinajstić information content (AvgIpc) is 2.30. The maximum absolute atomic E-state index is 3.49. The molecule has 0 radical (unpaired) electrons. The summed E-state index contributed by atoms with van der Waals surface area (Å²) in [6, 6.07) is 10.9. The van der Waals surface area contributed by atoms with Crippen molar-refractivity contribution in [3.63, 3.8) is 0 Å². The van der Waals surface area contributed by atoms with Crippen LogP contribution in [0.4, 0.5) is 0 Å². The molecule has 0 aromatic heterocycles. The van der Waals surface area contributed by atoms with Gasteiger partial charge in [0.2, 0.25) is 0 Å². The van der Waals surface area contributed by atoms with E-state index in [0.29, 0.717) is 5.92 Å².